The van der Waals surface area contributed by atoms with Crippen LogP contribution in [-0.4, -0.2) is 54.7 Å². The van der Waals surface area contributed by atoms with Crippen LogP contribution in [0, 0.1) is 17.2 Å². The summed E-state index contributed by atoms with van der Waals surface area (Å²) in [4.78, 5) is 25.9. The third kappa shape index (κ3) is 3.15. The molecule has 1 aliphatic heterocycles. The topological polar surface area (TPSA) is 110 Å². The lowest BCUT2D eigenvalue weighted by Crippen LogP contribution is -2.53. The van der Waals surface area contributed by atoms with Crippen LogP contribution in [-0.2, 0) is 14.8 Å². The first-order chi connectivity index (χ1) is 11.7. The molecule has 1 fully saturated rings. The number of hydrogen-bond acceptors (Lipinski definition) is 5. The molecule has 3 rings (SSSR count). The summed E-state index contributed by atoms with van der Waals surface area (Å²) >= 11 is 0. The molecule has 1 unspecified atom stereocenters. The number of nitrogens with one attached hydrogen (secondary N) is 1. The largest absolute Gasteiger partial charge is 0.500 e. The van der Waals surface area contributed by atoms with E-state index in [0.29, 0.717) is 5.71 Å². The van der Waals surface area contributed by atoms with E-state index in [0.717, 1.165) is 17.7 Å². The number of sulfonamides is 1. The molecule has 25 heavy (non-hydrogen) atoms. The van der Waals surface area contributed by atoms with Gasteiger partial charge in [-0.2, -0.15) is 19.5 Å². The van der Waals surface area contributed by atoms with E-state index in [4.69, 9.17) is 5.26 Å². The highest BCUT2D eigenvalue weighted by molar-refractivity contribution is 7.93. The number of nitriles is 1. The Kier molecular flexibility index (Phi) is 4.13. The van der Waals surface area contributed by atoms with Crippen molar-refractivity contribution in [3.8, 4) is 6.07 Å². The molecule has 0 aromatic carbocycles. The highest BCUT2D eigenvalue weighted by atomic mass is 32.2. The van der Waals surface area contributed by atoms with Gasteiger partial charge in [0.15, 0.2) is 0 Å². The van der Waals surface area contributed by atoms with Crippen molar-refractivity contribution in [1.29, 1.82) is 5.26 Å². The monoisotopic (exact) mass is 363 g/mol. The van der Waals surface area contributed by atoms with Crippen molar-refractivity contribution in [3.63, 3.8) is 0 Å². The molecule has 8 nitrogen and oxygen atoms in total. The third-order valence-electron chi connectivity index (χ3n) is 4.64. The number of nitrogens with zero attached hydrogens (tertiary/aromatic N) is 3. The van der Waals surface area contributed by atoms with Gasteiger partial charge >= 0.3 is 11.9 Å². The highest BCUT2D eigenvalue weighted by Gasteiger charge is 2.47. The minimum atomic E-state index is -3.73. The standard InChI is InChI=1S/C16H19N4O4S/c1-16(6-7-16)18-25(23,24)11-4-5-13-12(10-11)14(21)20(9-3-8-17)15(22)19(13)2/h4-5,10,12,18H,3,6-7,9H2,1-2H3/q+1. The average molecular weight is 363 g/mol. The average Bonchev–Trinajstić information content (AvgIpc) is 3.28. The molecule has 0 spiro atoms. The first-order valence-electron chi connectivity index (χ1n) is 7.95. The zero-order valence-electron chi connectivity index (χ0n) is 14.0. The summed E-state index contributed by atoms with van der Waals surface area (Å²) in [6.07, 6.45) is 5.85. The van der Waals surface area contributed by atoms with Crippen LogP contribution in [0.2, 0.25) is 0 Å². The quantitative estimate of drug-likeness (QED) is 0.715. The van der Waals surface area contributed by atoms with Gasteiger partial charge in [0, 0.05) is 5.54 Å². The molecule has 0 bridgehead atoms. The van der Waals surface area contributed by atoms with Gasteiger partial charge in [-0.1, -0.05) is 0 Å². The Morgan fingerprint density at radius 2 is 2.08 bits per heavy atom. The van der Waals surface area contributed by atoms with Crippen LogP contribution >= 0.6 is 0 Å². The Balaban J connectivity index is 1.94. The molecule has 1 saturated carbocycles. The maximum absolute atomic E-state index is 12.6. The van der Waals surface area contributed by atoms with Crippen LogP contribution in [0.3, 0.4) is 0 Å². The molecular weight excluding hydrogens is 344 g/mol. The Bertz CT molecular complexity index is 888. The number of hydrogen-bond donors (Lipinski definition) is 1. The maximum Gasteiger partial charge on any atom is 0.500 e. The Morgan fingerprint density at radius 1 is 1.40 bits per heavy atom. The lowest BCUT2D eigenvalue weighted by Gasteiger charge is -2.26. The minimum absolute atomic E-state index is 0.0156. The highest BCUT2D eigenvalue weighted by Crippen LogP contribution is 2.36. The second-order valence-electron chi connectivity index (χ2n) is 6.71. The number of amides is 3. The molecule has 3 aliphatic rings. The van der Waals surface area contributed by atoms with E-state index < -0.39 is 33.4 Å². The fraction of sp³-hybridized carbons (Fsp3) is 0.500. The Labute approximate surface area is 146 Å². The normalized spacial score (nSPS) is 24.8. The minimum Gasteiger partial charge on any atom is -0.245 e. The van der Waals surface area contributed by atoms with Gasteiger partial charge in [-0.3, -0.25) is 0 Å². The number of allylic oxidation sites excluding steroid dienone is 2. The smallest absolute Gasteiger partial charge is 0.245 e. The van der Waals surface area contributed by atoms with Gasteiger partial charge in [-0.05, 0) is 38.0 Å². The zero-order valence-corrected chi connectivity index (χ0v) is 14.8. The summed E-state index contributed by atoms with van der Waals surface area (Å²) in [6, 6.07) is 1.39. The maximum atomic E-state index is 12.6. The van der Waals surface area contributed by atoms with Gasteiger partial charge in [0.25, 0.3) is 0 Å². The first kappa shape index (κ1) is 17.5. The summed E-state index contributed by atoms with van der Waals surface area (Å²) < 4.78 is 29.0. The summed E-state index contributed by atoms with van der Waals surface area (Å²) in [6.45, 7) is 1.81. The SMILES string of the molecule is C[N+]1=C2C=CC(S(=O)(=O)NC3(C)CC3)=CC2C(=O)N(CCC#N)C1=O. The molecule has 1 atom stereocenters. The van der Waals surface area contributed by atoms with Crippen molar-refractivity contribution < 1.29 is 22.6 Å². The Morgan fingerprint density at radius 3 is 2.68 bits per heavy atom. The molecule has 0 aromatic rings. The summed E-state index contributed by atoms with van der Waals surface area (Å²) in [7, 11) is -2.21. The number of carbonyl (C=O) groups is 2. The predicted octanol–water partition coefficient (Wildman–Crippen LogP) is 0.487. The first-order valence-corrected chi connectivity index (χ1v) is 9.44. The van der Waals surface area contributed by atoms with Crippen LogP contribution in [0.15, 0.2) is 23.1 Å². The van der Waals surface area contributed by atoms with Crippen LogP contribution in [0.4, 0.5) is 4.79 Å². The van der Waals surface area contributed by atoms with Gasteiger partial charge in [0.1, 0.15) is 18.2 Å². The molecule has 2 aliphatic carbocycles. The summed E-state index contributed by atoms with van der Waals surface area (Å²) in [5, 5.41) is 8.70. The van der Waals surface area contributed by atoms with Crippen LogP contribution in [0.1, 0.15) is 26.2 Å². The Hall–Kier alpha value is -2.31. The molecule has 0 aromatic heterocycles. The molecule has 3 amide bonds. The lowest BCUT2D eigenvalue weighted by molar-refractivity contribution is -0.406. The van der Waals surface area contributed by atoms with E-state index in [2.05, 4.69) is 4.72 Å². The fourth-order valence-electron chi connectivity index (χ4n) is 2.87. The van der Waals surface area contributed by atoms with Gasteiger partial charge in [-0.15, -0.1) is 0 Å². The third-order valence-corrected chi connectivity index (χ3v) is 6.30. The van der Waals surface area contributed by atoms with Crippen molar-refractivity contribution in [2.75, 3.05) is 13.6 Å². The molecule has 132 valence electrons. The number of imide groups is 1. The van der Waals surface area contributed by atoms with E-state index in [1.54, 1.807) is 0 Å². The van der Waals surface area contributed by atoms with Gasteiger partial charge < -0.3 is 0 Å². The van der Waals surface area contributed by atoms with Crippen molar-refractivity contribution in [2.24, 2.45) is 5.92 Å². The number of rotatable bonds is 5. The van der Waals surface area contributed by atoms with Crippen LogP contribution in [0.5, 0.6) is 0 Å². The van der Waals surface area contributed by atoms with Gasteiger partial charge in [0.2, 0.25) is 10.0 Å². The second kappa shape index (κ2) is 5.89. The summed E-state index contributed by atoms with van der Waals surface area (Å²) in [5.41, 5.74) is 0.0134. The molecule has 0 radical (unpaired) electrons. The fourth-order valence-corrected chi connectivity index (χ4v) is 4.40. The van der Waals surface area contributed by atoms with Gasteiger partial charge in [-0.25, -0.2) is 17.9 Å². The number of urea groups is 1. The van der Waals surface area contributed by atoms with E-state index in [-0.39, 0.29) is 17.9 Å². The molecule has 9 heteroatoms. The number of fused-ring (bicyclic) bond motifs is 1. The number of carbonyl (C=O) groups excluding carboxylic acids is 2. The molecular formula is C16H19N4O4S+. The summed E-state index contributed by atoms with van der Waals surface area (Å²) in [5.74, 6) is -1.37. The second-order valence-corrected chi connectivity index (χ2v) is 8.39. The van der Waals surface area contributed by atoms with Crippen molar-refractivity contribution in [3.05, 3.63) is 23.1 Å². The van der Waals surface area contributed by atoms with Crippen LogP contribution in [0.25, 0.3) is 0 Å². The van der Waals surface area contributed by atoms with E-state index in [1.165, 1.54) is 29.9 Å². The zero-order chi connectivity index (χ0) is 18.4. The van der Waals surface area contributed by atoms with Crippen molar-refractivity contribution >= 4 is 27.7 Å². The van der Waals surface area contributed by atoms with Crippen molar-refractivity contribution in [2.45, 2.75) is 31.7 Å². The van der Waals surface area contributed by atoms with E-state index in [1.807, 2.05) is 13.0 Å². The lowest BCUT2D eigenvalue weighted by atomic mass is 9.94. The molecule has 1 N–H and O–H groups in total. The van der Waals surface area contributed by atoms with Gasteiger partial charge in [0.05, 0.1) is 24.4 Å². The molecule has 0 saturated heterocycles. The van der Waals surface area contributed by atoms with Crippen LogP contribution < -0.4 is 4.72 Å². The molecule has 1 heterocycles. The van der Waals surface area contributed by atoms with Crippen molar-refractivity contribution in [1.82, 2.24) is 9.62 Å². The van der Waals surface area contributed by atoms with E-state index in [9.17, 15) is 18.0 Å². The predicted molar refractivity (Wildman–Crippen MR) is 88.9 cm³/mol. The van der Waals surface area contributed by atoms with E-state index >= 15 is 0 Å².